The van der Waals surface area contributed by atoms with Crippen LogP contribution in [0.25, 0.3) is 17.1 Å². The number of thioether (sulfide) groups is 1. The Hall–Kier alpha value is -3.47. The van der Waals surface area contributed by atoms with Crippen LogP contribution in [0, 0.1) is 6.92 Å². The quantitative estimate of drug-likeness (QED) is 0.364. The fourth-order valence-electron chi connectivity index (χ4n) is 3.32. The van der Waals surface area contributed by atoms with E-state index in [1.165, 1.54) is 23.9 Å². The normalized spacial score (nSPS) is 11.4. The number of carbonyl (C=O) groups excluding carboxylic acids is 1. The molecule has 174 valence electrons. The third-order valence-corrected chi connectivity index (χ3v) is 6.86. The summed E-state index contributed by atoms with van der Waals surface area (Å²) >= 11 is 1.29. The van der Waals surface area contributed by atoms with Crippen molar-refractivity contribution in [3.63, 3.8) is 0 Å². The molecule has 0 aliphatic heterocycles. The van der Waals surface area contributed by atoms with Gasteiger partial charge < -0.3 is 5.32 Å². The van der Waals surface area contributed by atoms with Crippen LogP contribution in [-0.2, 0) is 21.4 Å². The molecule has 0 fully saturated rings. The Morgan fingerprint density at radius 1 is 1.00 bits per heavy atom. The highest BCUT2D eigenvalue weighted by atomic mass is 32.2. The molecule has 0 saturated heterocycles. The molecule has 0 aliphatic carbocycles. The van der Waals surface area contributed by atoms with Gasteiger partial charge in [-0.25, -0.2) is 13.6 Å². The Labute approximate surface area is 202 Å². The summed E-state index contributed by atoms with van der Waals surface area (Å²) in [6, 6.07) is 23.9. The van der Waals surface area contributed by atoms with Gasteiger partial charge in [-0.3, -0.25) is 9.36 Å². The van der Waals surface area contributed by atoms with E-state index in [1.807, 2.05) is 66.1 Å². The number of benzene rings is 3. The molecule has 34 heavy (non-hydrogen) atoms. The van der Waals surface area contributed by atoms with Gasteiger partial charge in [-0.2, -0.15) is 0 Å². The summed E-state index contributed by atoms with van der Waals surface area (Å²) in [5, 5.41) is 17.3. The SMILES string of the molecule is Cc1cccc(-c2nnc(SCC(=O)NCc3ccc(S(N)(=O)=O)cc3)n2-c2ccccc2)c1. The molecule has 3 aromatic carbocycles. The average Bonchev–Trinajstić information content (AvgIpc) is 3.26. The molecule has 0 saturated carbocycles. The zero-order chi connectivity index (χ0) is 24.1. The summed E-state index contributed by atoms with van der Waals surface area (Å²) in [5.74, 6) is 0.668. The monoisotopic (exact) mass is 493 g/mol. The van der Waals surface area contributed by atoms with Crippen molar-refractivity contribution in [2.45, 2.75) is 23.5 Å². The maximum Gasteiger partial charge on any atom is 0.238 e. The van der Waals surface area contributed by atoms with Crippen LogP contribution < -0.4 is 10.5 Å². The summed E-state index contributed by atoms with van der Waals surface area (Å²) in [5.41, 5.74) is 3.73. The number of carbonyl (C=O) groups is 1. The number of para-hydroxylation sites is 1. The van der Waals surface area contributed by atoms with Gasteiger partial charge in [-0.05, 0) is 42.8 Å². The number of aryl methyl sites for hydroxylation is 1. The van der Waals surface area contributed by atoms with E-state index in [9.17, 15) is 13.2 Å². The fraction of sp³-hybridized carbons (Fsp3) is 0.125. The molecule has 4 rings (SSSR count). The number of hydrogen-bond donors (Lipinski definition) is 2. The number of aromatic nitrogens is 3. The highest BCUT2D eigenvalue weighted by molar-refractivity contribution is 7.99. The predicted molar refractivity (Wildman–Crippen MR) is 132 cm³/mol. The average molecular weight is 494 g/mol. The molecular formula is C24H23N5O3S2. The van der Waals surface area contributed by atoms with Crippen molar-refractivity contribution in [1.29, 1.82) is 0 Å². The number of hydrogen-bond acceptors (Lipinski definition) is 6. The largest absolute Gasteiger partial charge is 0.351 e. The maximum absolute atomic E-state index is 12.5. The van der Waals surface area contributed by atoms with Gasteiger partial charge in [0.05, 0.1) is 10.6 Å². The Balaban J connectivity index is 1.47. The Morgan fingerprint density at radius 2 is 1.74 bits per heavy atom. The van der Waals surface area contributed by atoms with Crippen LogP contribution in [0.3, 0.4) is 0 Å². The van der Waals surface area contributed by atoms with Gasteiger partial charge in [0.2, 0.25) is 15.9 Å². The number of primary sulfonamides is 1. The molecule has 0 radical (unpaired) electrons. The fourth-order valence-corrected chi connectivity index (χ4v) is 4.62. The molecule has 1 amide bonds. The van der Waals surface area contributed by atoms with Crippen LogP contribution in [0.4, 0.5) is 0 Å². The lowest BCUT2D eigenvalue weighted by molar-refractivity contribution is -0.118. The van der Waals surface area contributed by atoms with Crippen molar-refractivity contribution < 1.29 is 13.2 Å². The molecule has 0 bridgehead atoms. The molecular weight excluding hydrogens is 470 g/mol. The van der Waals surface area contributed by atoms with Gasteiger partial charge in [0.15, 0.2) is 11.0 Å². The van der Waals surface area contributed by atoms with Crippen molar-refractivity contribution >= 4 is 27.7 Å². The zero-order valence-electron chi connectivity index (χ0n) is 18.4. The highest BCUT2D eigenvalue weighted by Crippen LogP contribution is 2.28. The third-order valence-electron chi connectivity index (χ3n) is 5.00. The van der Waals surface area contributed by atoms with Crippen LogP contribution in [0.5, 0.6) is 0 Å². The van der Waals surface area contributed by atoms with E-state index in [1.54, 1.807) is 12.1 Å². The maximum atomic E-state index is 12.5. The topological polar surface area (TPSA) is 120 Å². The second-order valence-corrected chi connectivity index (χ2v) is 10.1. The van der Waals surface area contributed by atoms with Gasteiger partial charge in [0.25, 0.3) is 0 Å². The molecule has 1 heterocycles. The summed E-state index contributed by atoms with van der Waals surface area (Å²) in [6.07, 6.45) is 0. The zero-order valence-corrected chi connectivity index (χ0v) is 20.0. The van der Waals surface area contributed by atoms with E-state index in [0.717, 1.165) is 22.4 Å². The van der Waals surface area contributed by atoms with E-state index < -0.39 is 10.0 Å². The standard InChI is InChI=1S/C24H23N5O3S2/c1-17-6-5-7-19(14-17)23-27-28-24(29(23)20-8-3-2-4-9-20)33-16-22(30)26-15-18-10-12-21(13-11-18)34(25,31)32/h2-14H,15-16H2,1H3,(H,26,30)(H2,25,31,32). The molecule has 4 aromatic rings. The van der Waals surface area contributed by atoms with Crippen LogP contribution in [0.15, 0.2) is 88.9 Å². The van der Waals surface area contributed by atoms with Crippen LogP contribution in [0.1, 0.15) is 11.1 Å². The van der Waals surface area contributed by atoms with E-state index in [4.69, 9.17) is 5.14 Å². The van der Waals surface area contributed by atoms with Gasteiger partial charge in [0.1, 0.15) is 0 Å². The lowest BCUT2D eigenvalue weighted by atomic mass is 10.1. The van der Waals surface area contributed by atoms with E-state index in [2.05, 4.69) is 15.5 Å². The second-order valence-electron chi connectivity index (χ2n) is 7.60. The van der Waals surface area contributed by atoms with Crippen molar-refractivity contribution in [3.8, 4) is 17.1 Å². The Morgan fingerprint density at radius 3 is 2.41 bits per heavy atom. The number of nitrogens with zero attached hydrogens (tertiary/aromatic N) is 3. The lowest BCUT2D eigenvalue weighted by Gasteiger charge is -2.11. The van der Waals surface area contributed by atoms with Crippen LogP contribution in [0.2, 0.25) is 0 Å². The minimum atomic E-state index is -3.74. The number of amides is 1. The van der Waals surface area contributed by atoms with Crippen molar-refractivity contribution in [1.82, 2.24) is 20.1 Å². The molecule has 0 atom stereocenters. The number of nitrogens with one attached hydrogen (secondary N) is 1. The van der Waals surface area contributed by atoms with Crippen molar-refractivity contribution in [2.75, 3.05) is 5.75 Å². The molecule has 0 aliphatic rings. The van der Waals surface area contributed by atoms with Crippen molar-refractivity contribution in [2.24, 2.45) is 5.14 Å². The van der Waals surface area contributed by atoms with Crippen LogP contribution >= 0.6 is 11.8 Å². The van der Waals surface area contributed by atoms with Crippen molar-refractivity contribution in [3.05, 3.63) is 90.0 Å². The Kier molecular flexibility index (Phi) is 7.11. The predicted octanol–water partition coefficient (Wildman–Crippen LogP) is 3.30. The molecule has 10 heteroatoms. The second kappa shape index (κ2) is 10.2. The van der Waals surface area contributed by atoms with Crippen LogP contribution in [-0.4, -0.2) is 34.8 Å². The van der Waals surface area contributed by atoms with Gasteiger partial charge >= 0.3 is 0 Å². The number of sulfonamides is 1. The molecule has 0 spiro atoms. The summed E-state index contributed by atoms with van der Waals surface area (Å²) < 4.78 is 24.7. The number of rotatable bonds is 8. The first kappa shape index (κ1) is 23.7. The minimum Gasteiger partial charge on any atom is -0.351 e. The summed E-state index contributed by atoms with van der Waals surface area (Å²) in [4.78, 5) is 12.5. The van der Waals surface area contributed by atoms with E-state index in [-0.39, 0.29) is 23.1 Å². The first-order chi connectivity index (χ1) is 16.3. The smallest absolute Gasteiger partial charge is 0.238 e. The minimum absolute atomic E-state index is 0.0304. The number of nitrogens with two attached hydrogens (primary N) is 1. The van der Waals surface area contributed by atoms with E-state index >= 15 is 0 Å². The molecule has 3 N–H and O–H groups in total. The van der Waals surface area contributed by atoms with Gasteiger partial charge in [-0.15, -0.1) is 10.2 Å². The van der Waals surface area contributed by atoms with Gasteiger partial charge in [0, 0.05) is 17.8 Å². The first-order valence-corrected chi connectivity index (χ1v) is 12.9. The molecule has 0 unspecified atom stereocenters. The molecule has 8 nitrogen and oxygen atoms in total. The first-order valence-electron chi connectivity index (χ1n) is 10.4. The summed E-state index contributed by atoms with van der Waals surface area (Å²) in [6.45, 7) is 2.29. The Bertz CT molecular complexity index is 1400. The van der Waals surface area contributed by atoms with Gasteiger partial charge in [-0.1, -0.05) is 65.9 Å². The third kappa shape index (κ3) is 5.71. The summed E-state index contributed by atoms with van der Waals surface area (Å²) in [7, 11) is -3.74. The molecule has 1 aromatic heterocycles. The lowest BCUT2D eigenvalue weighted by Crippen LogP contribution is -2.24. The van der Waals surface area contributed by atoms with E-state index in [0.29, 0.717) is 11.0 Å². The highest BCUT2D eigenvalue weighted by Gasteiger charge is 2.17.